The summed E-state index contributed by atoms with van der Waals surface area (Å²) in [5.41, 5.74) is 3.86. The van der Waals surface area contributed by atoms with Crippen molar-refractivity contribution in [2.75, 3.05) is 6.54 Å². The summed E-state index contributed by atoms with van der Waals surface area (Å²) in [5.74, 6) is 0. The van der Waals surface area contributed by atoms with Crippen molar-refractivity contribution in [3.63, 3.8) is 0 Å². The summed E-state index contributed by atoms with van der Waals surface area (Å²) in [6.07, 6.45) is 5.08. The third-order valence-electron chi connectivity index (χ3n) is 2.12. The van der Waals surface area contributed by atoms with E-state index in [9.17, 15) is 0 Å². The molecule has 0 saturated heterocycles. The molecule has 0 aromatic carbocycles. The van der Waals surface area contributed by atoms with Gasteiger partial charge >= 0.3 is 0 Å². The minimum Gasteiger partial charge on any atom is -0.385 e. The van der Waals surface area contributed by atoms with Crippen LogP contribution in [-0.4, -0.2) is 6.54 Å². The highest BCUT2D eigenvalue weighted by Crippen LogP contribution is 2.16. The van der Waals surface area contributed by atoms with Gasteiger partial charge in [-0.15, -0.1) is 0 Å². The smallest absolute Gasteiger partial charge is 0.0331 e. The first kappa shape index (κ1) is 12.0. The van der Waals surface area contributed by atoms with Crippen molar-refractivity contribution in [1.82, 2.24) is 5.32 Å². The Morgan fingerprint density at radius 2 is 2.00 bits per heavy atom. The molecule has 0 aliphatic rings. The molecule has 0 aromatic heterocycles. The number of hydrogen-bond acceptors (Lipinski definition) is 1. The van der Waals surface area contributed by atoms with E-state index in [1.165, 1.54) is 16.8 Å². The molecule has 0 fully saturated rings. The van der Waals surface area contributed by atoms with Gasteiger partial charge in [0.15, 0.2) is 0 Å². The van der Waals surface area contributed by atoms with Crippen molar-refractivity contribution >= 4 is 0 Å². The highest BCUT2D eigenvalue weighted by molar-refractivity contribution is 5.37. The monoisotopic (exact) mass is 179 g/mol. The first-order valence-corrected chi connectivity index (χ1v) is 4.93. The summed E-state index contributed by atoms with van der Waals surface area (Å²) in [6.45, 7) is 13.2. The number of allylic oxidation sites excluding steroid dienone is 4. The molecule has 0 bridgehead atoms. The summed E-state index contributed by atoms with van der Waals surface area (Å²) in [5, 5.41) is 3.35. The van der Waals surface area contributed by atoms with Crippen LogP contribution in [0.1, 0.15) is 34.1 Å². The number of rotatable bonds is 5. The van der Waals surface area contributed by atoms with E-state index in [1.807, 2.05) is 6.08 Å². The largest absolute Gasteiger partial charge is 0.385 e. The van der Waals surface area contributed by atoms with Crippen molar-refractivity contribution in [2.24, 2.45) is 0 Å². The molecule has 0 rings (SSSR count). The molecule has 74 valence electrons. The average Bonchev–Trinajstić information content (AvgIpc) is 2.17. The number of nitrogens with one attached hydrogen (secondary N) is 1. The van der Waals surface area contributed by atoms with Gasteiger partial charge in [-0.25, -0.2) is 0 Å². The lowest BCUT2D eigenvalue weighted by Crippen LogP contribution is -2.14. The topological polar surface area (TPSA) is 12.0 Å². The first-order chi connectivity index (χ1) is 6.21. The minimum absolute atomic E-state index is 0.966. The van der Waals surface area contributed by atoms with Crippen molar-refractivity contribution in [3.05, 3.63) is 35.6 Å². The maximum atomic E-state index is 3.79. The second-order valence-corrected chi connectivity index (χ2v) is 2.95. The second kappa shape index (κ2) is 6.53. The molecule has 0 unspecified atom stereocenters. The third kappa shape index (κ3) is 3.49. The molecule has 0 aliphatic carbocycles. The van der Waals surface area contributed by atoms with E-state index in [2.05, 4.69) is 45.7 Å². The Hall–Kier alpha value is -0.980. The van der Waals surface area contributed by atoms with E-state index in [0.717, 1.165) is 13.0 Å². The van der Waals surface area contributed by atoms with Crippen molar-refractivity contribution in [1.29, 1.82) is 0 Å². The van der Waals surface area contributed by atoms with E-state index in [-0.39, 0.29) is 0 Å². The Labute approximate surface area is 82.2 Å². The Morgan fingerprint density at radius 3 is 2.31 bits per heavy atom. The van der Waals surface area contributed by atoms with Crippen LogP contribution in [0.25, 0.3) is 0 Å². The molecule has 0 saturated carbocycles. The molecule has 13 heavy (non-hydrogen) atoms. The van der Waals surface area contributed by atoms with Crippen LogP contribution in [0.2, 0.25) is 0 Å². The van der Waals surface area contributed by atoms with E-state index in [0.29, 0.717) is 0 Å². The van der Waals surface area contributed by atoms with E-state index in [1.54, 1.807) is 0 Å². The summed E-state index contributed by atoms with van der Waals surface area (Å²) >= 11 is 0. The van der Waals surface area contributed by atoms with Crippen LogP contribution >= 0.6 is 0 Å². The molecule has 0 atom stereocenters. The lowest BCUT2D eigenvalue weighted by molar-refractivity contribution is 0.838. The Bertz CT molecular complexity index is 221. The summed E-state index contributed by atoms with van der Waals surface area (Å²) in [6, 6.07) is 0. The lowest BCUT2D eigenvalue weighted by Gasteiger charge is -2.13. The fraction of sp³-hybridized carbons (Fsp3) is 0.500. The van der Waals surface area contributed by atoms with Gasteiger partial charge in [0.1, 0.15) is 0 Å². The molecule has 1 N–H and O–H groups in total. The van der Waals surface area contributed by atoms with Crippen LogP contribution < -0.4 is 5.32 Å². The molecule has 0 aromatic rings. The maximum Gasteiger partial charge on any atom is 0.0331 e. The zero-order chi connectivity index (χ0) is 10.3. The predicted octanol–water partition coefficient (Wildman–Crippen LogP) is 3.41. The van der Waals surface area contributed by atoms with Crippen molar-refractivity contribution in [3.8, 4) is 0 Å². The first-order valence-electron chi connectivity index (χ1n) is 4.93. The van der Waals surface area contributed by atoms with Gasteiger partial charge in [-0.3, -0.25) is 0 Å². The molecule has 0 heterocycles. The molecule has 0 spiro atoms. The Balaban J connectivity index is 4.84. The molecule has 1 nitrogen and oxygen atoms in total. The van der Waals surface area contributed by atoms with Crippen LogP contribution in [0.3, 0.4) is 0 Å². The predicted molar refractivity (Wildman–Crippen MR) is 60.6 cm³/mol. The molecule has 0 aliphatic heterocycles. The number of hydrogen-bond donors (Lipinski definition) is 1. The zero-order valence-electron chi connectivity index (χ0n) is 9.28. The van der Waals surface area contributed by atoms with Gasteiger partial charge in [0.05, 0.1) is 0 Å². The second-order valence-electron chi connectivity index (χ2n) is 2.95. The normalized spacial score (nSPS) is 13.7. The van der Waals surface area contributed by atoms with Gasteiger partial charge in [0.25, 0.3) is 0 Å². The van der Waals surface area contributed by atoms with Crippen molar-refractivity contribution < 1.29 is 0 Å². The highest BCUT2D eigenvalue weighted by atomic mass is 14.9. The fourth-order valence-corrected chi connectivity index (χ4v) is 1.38. The highest BCUT2D eigenvalue weighted by Gasteiger charge is 2.02. The third-order valence-corrected chi connectivity index (χ3v) is 2.12. The number of likely N-dealkylation sites (N-methyl/N-ethyl adjacent to an activating group) is 1. The van der Waals surface area contributed by atoms with Gasteiger partial charge in [-0.2, -0.15) is 0 Å². The minimum atomic E-state index is 0.966. The van der Waals surface area contributed by atoms with Crippen LogP contribution in [0, 0.1) is 0 Å². The van der Waals surface area contributed by atoms with Crippen LogP contribution in [0.4, 0.5) is 0 Å². The average molecular weight is 179 g/mol. The van der Waals surface area contributed by atoms with Crippen LogP contribution in [0.5, 0.6) is 0 Å². The molecule has 1 heteroatoms. The maximum absolute atomic E-state index is 3.79. The van der Waals surface area contributed by atoms with Gasteiger partial charge in [-0.1, -0.05) is 25.7 Å². The van der Waals surface area contributed by atoms with Crippen LogP contribution in [-0.2, 0) is 0 Å². The quantitative estimate of drug-likeness (QED) is 0.638. The standard InChI is InChI=1S/C12H21N/c1-6-10(5)11(7-2)12(8-3)13-9-4/h6,8,13H,1,7,9H2,2-5H3/b11-10-,12-8+. The SMILES string of the molecule is C=C/C(C)=C(CC)\C(=C/C)NCC. The summed E-state index contributed by atoms with van der Waals surface area (Å²) < 4.78 is 0. The Morgan fingerprint density at radius 1 is 1.38 bits per heavy atom. The van der Waals surface area contributed by atoms with E-state index in [4.69, 9.17) is 0 Å². The van der Waals surface area contributed by atoms with Gasteiger partial charge in [0, 0.05) is 12.2 Å². The van der Waals surface area contributed by atoms with Gasteiger partial charge < -0.3 is 5.32 Å². The summed E-state index contributed by atoms with van der Waals surface area (Å²) in [4.78, 5) is 0. The molecule has 0 radical (unpaired) electrons. The van der Waals surface area contributed by atoms with Gasteiger partial charge in [0.2, 0.25) is 0 Å². The van der Waals surface area contributed by atoms with Crippen molar-refractivity contribution in [2.45, 2.75) is 34.1 Å². The molecule has 0 amide bonds. The molecular formula is C12H21N. The lowest BCUT2D eigenvalue weighted by atomic mass is 10.0. The molecular weight excluding hydrogens is 158 g/mol. The van der Waals surface area contributed by atoms with Crippen LogP contribution in [0.15, 0.2) is 35.6 Å². The summed E-state index contributed by atoms with van der Waals surface area (Å²) in [7, 11) is 0. The Kier molecular flexibility index (Phi) is 6.03. The van der Waals surface area contributed by atoms with E-state index >= 15 is 0 Å². The fourth-order valence-electron chi connectivity index (χ4n) is 1.38. The van der Waals surface area contributed by atoms with E-state index < -0.39 is 0 Å². The van der Waals surface area contributed by atoms with Gasteiger partial charge in [-0.05, 0) is 38.3 Å². The zero-order valence-corrected chi connectivity index (χ0v) is 9.28.